The SMILES string of the molecule is COc1ccc2c(c1)CC[C@@H]1[C@@H]2[C@@H](c2ccc(OCCN3CCCCC3)cc2)C[C@]2(C)[C@H](F)CC[C@@H]12. The van der Waals surface area contributed by atoms with Crippen LogP contribution in [-0.2, 0) is 6.42 Å². The second-order valence-corrected chi connectivity index (χ2v) is 12.1. The highest BCUT2D eigenvalue weighted by Crippen LogP contribution is 2.65. The Morgan fingerprint density at radius 3 is 2.53 bits per heavy atom. The van der Waals surface area contributed by atoms with Crippen molar-refractivity contribution in [2.24, 2.45) is 17.3 Å². The maximum atomic E-state index is 15.4. The summed E-state index contributed by atoms with van der Waals surface area (Å²) in [6.07, 6.45) is 8.25. The Bertz CT molecular complexity index is 1050. The molecule has 0 unspecified atom stereocenters. The Labute approximate surface area is 216 Å². The van der Waals surface area contributed by atoms with Crippen LogP contribution in [0, 0.1) is 17.3 Å². The zero-order chi connectivity index (χ0) is 24.7. The predicted molar refractivity (Wildman–Crippen MR) is 143 cm³/mol. The summed E-state index contributed by atoms with van der Waals surface area (Å²) < 4.78 is 27.1. The number of hydrogen-bond donors (Lipinski definition) is 0. The molecule has 1 aliphatic heterocycles. The summed E-state index contributed by atoms with van der Waals surface area (Å²) in [4.78, 5) is 2.52. The monoisotopic (exact) mass is 491 g/mol. The molecule has 6 rings (SSSR count). The van der Waals surface area contributed by atoms with Gasteiger partial charge in [-0.25, -0.2) is 4.39 Å². The van der Waals surface area contributed by atoms with Crippen LogP contribution in [0.4, 0.5) is 4.39 Å². The first-order valence-corrected chi connectivity index (χ1v) is 14.3. The van der Waals surface area contributed by atoms with E-state index in [-0.39, 0.29) is 5.41 Å². The Morgan fingerprint density at radius 1 is 0.972 bits per heavy atom. The van der Waals surface area contributed by atoms with Gasteiger partial charge in [-0.1, -0.05) is 31.5 Å². The summed E-state index contributed by atoms with van der Waals surface area (Å²) in [5.74, 6) is 3.72. The van der Waals surface area contributed by atoms with Crippen molar-refractivity contribution in [1.82, 2.24) is 4.90 Å². The largest absolute Gasteiger partial charge is 0.497 e. The fourth-order valence-electron chi connectivity index (χ4n) is 8.36. The maximum Gasteiger partial charge on any atom is 0.119 e. The minimum absolute atomic E-state index is 0.209. The van der Waals surface area contributed by atoms with Crippen molar-refractivity contribution in [1.29, 1.82) is 0 Å². The van der Waals surface area contributed by atoms with Gasteiger partial charge in [0.15, 0.2) is 0 Å². The second-order valence-electron chi connectivity index (χ2n) is 12.1. The van der Waals surface area contributed by atoms with E-state index in [0.717, 1.165) is 56.8 Å². The number of nitrogens with zero attached hydrogens (tertiary/aromatic N) is 1. The summed E-state index contributed by atoms with van der Waals surface area (Å²) in [5.41, 5.74) is 4.04. The van der Waals surface area contributed by atoms with Crippen molar-refractivity contribution in [2.45, 2.75) is 76.3 Å². The molecule has 36 heavy (non-hydrogen) atoms. The van der Waals surface area contributed by atoms with E-state index in [4.69, 9.17) is 9.47 Å². The first-order valence-electron chi connectivity index (χ1n) is 14.3. The van der Waals surface area contributed by atoms with Gasteiger partial charge in [0.2, 0.25) is 0 Å². The van der Waals surface area contributed by atoms with Gasteiger partial charge in [0, 0.05) is 12.0 Å². The molecular weight excluding hydrogens is 449 g/mol. The molecule has 6 atom stereocenters. The summed E-state index contributed by atoms with van der Waals surface area (Å²) in [6.45, 7) is 6.41. The number of alkyl halides is 1. The number of rotatable bonds is 6. The van der Waals surface area contributed by atoms with E-state index in [1.165, 1.54) is 49.0 Å². The Balaban J connectivity index is 1.25. The fourth-order valence-corrected chi connectivity index (χ4v) is 8.36. The zero-order valence-corrected chi connectivity index (χ0v) is 22.1. The summed E-state index contributed by atoms with van der Waals surface area (Å²) >= 11 is 0. The minimum atomic E-state index is -0.680. The van der Waals surface area contributed by atoms with Crippen LogP contribution in [0.1, 0.15) is 80.4 Å². The standard InChI is InChI=1S/C32H42FNO2/c1-32-21-28(22-6-9-24(10-7-22)36-19-18-34-16-4-3-5-17-34)31-26-13-11-25(35-2)20-23(26)8-12-27(31)29(32)14-15-30(32)33/h6-7,9-11,13,20,27-31H,3-5,8,12,14-19,21H2,1-2H3/t27-,28+,29-,30+,31+,32-/m0/s1. The van der Waals surface area contributed by atoms with Gasteiger partial charge in [-0.15, -0.1) is 0 Å². The van der Waals surface area contributed by atoms with Crippen molar-refractivity contribution >= 4 is 0 Å². The van der Waals surface area contributed by atoms with Crippen molar-refractivity contribution in [3.05, 3.63) is 59.2 Å². The van der Waals surface area contributed by atoms with Crippen LogP contribution in [0.2, 0.25) is 0 Å². The van der Waals surface area contributed by atoms with E-state index >= 15 is 4.39 Å². The topological polar surface area (TPSA) is 21.7 Å². The average molecular weight is 492 g/mol. The molecule has 4 heteroatoms. The molecule has 2 aromatic carbocycles. The molecule has 0 spiro atoms. The highest BCUT2D eigenvalue weighted by Gasteiger charge is 2.58. The summed E-state index contributed by atoms with van der Waals surface area (Å²) in [7, 11) is 1.75. The summed E-state index contributed by atoms with van der Waals surface area (Å²) in [6, 6.07) is 15.5. The average Bonchev–Trinajstić information content (AvgIpc) is 3.22. The zero-order valence-electron chi connectivity index (χ0n) is 22.1. The first-order chi connectivity index (χ1) is 17.6. The molecular formula is C32H42FNO2. The lowest BCUT2D eigenvalue weighted by Gasteiger charge is -2.53. The quantitative estimate of drug-likeness (QED) is 0.428. The number of halogens is 1. The van der Waals surface area contributed by atoms with E-state index in [2.05, 4.69) is 54.3 Å². The fraction of sp³-hybridized carbons (Fsp3) is 0.625. The summed E-state index contributed by atoms with van der Waals surface area (Å²) in [5, 5.41) is 0. The van der Waals surface area contributed by atoms with Crippen LogP contribution >= 0.6 is 0 Å². The molecule has 1 saturated heterocycles. The molecule has 2 saturated carbocycles. The highest BCUT2D eigenvalue weighted by atomic mass is 19.1. The number of fused-ring (bicyclic) bond motifs is 5. The molecule has 0 bridgehead atoms. The smallest absolute Gasteiger partial charge is 0.119 e. The van der Waals surface area contributed by atoms with E-state index < -0.39 is 6.17 Å². The lowest BCUT2D eigenvalue weighted by molar-refractivity contribution is 0.00138. The number of piperidine rings is 1. The van der Waals surface area contributed by atoms with Gasteiger partial charge in [-0.3, -0.25) is 4.90 Å². The van der Waals surface area contributed by atoms with Crippen LogP contribution < -0.4 is 9.47 Å². The lowest BCUT2D eigenvalue weighted by atomic mass is 9.51. The van der Waals surface area contributed by atoms with Gasteiger partial charge in [-0.05, 0) is 123 Å². The number of methoxy groups -OCH3 is 1. The van der Waals surface area contributed by atoms with Crippen molar-refractivity contribution in [3.8, 4) is 11.5 Å². The van der Waals surface area contributed by atoms with Crippen LogP contribution in [0.25, 0.3) is 0 Å². The number of benzene rings is 2. The molecule has 2 aromatic rings. The molecule has 3 fully saturated rings. The first kappa shape index (κ1) is 24.3. The Morgan fingerprint density at radius 2 is 1.75 bits per heavy atom. The van der Waals surface area contributed by atoms with Gasteiger partial charge < -0.3 is 9.47 Å². The van der Waals surface area contributed by atoms with Gasteiger partial charge in [0.05, 0.1) is 7.11 Å². The van der Waals surface area contributed by atoms with Gasteiger partial charge in [0.1, 0.15) is 24.3 Å². The number of aryl methyl sites for hydroxylation is 1. The van der Waals surface area contributed by atoms with Crippen LogP contribution in [0.3, 0.4) is 0 Å². The van der Waals surface area contributed by atoms with Gasteiger partial charge in [0.25, 0.3) is 0 Å². The number of hydrogen-bond acceptors (Lipinski definition) is 3. The Kier molecular flexibility index (Phi) is 6.75. The third-order valence-corrected chi connectivity index (χ3v) is 10.3. The van der Waals surface area contributed by atoms with E-state index in [1.807, 2.05) is 0 Å². The molecule has 194 valence electrons. The molecule has 0 radical (unpaired) electrons. The molecule has 3 aliphatic carbocycles. The van der Waals surface area contributed by atoms with Crippen LogP contribution in [0.5, 0.6) is 11.5 Å². The molecule has 0 aromatic heterocycles. The minimum Gasteiger partial charge on any atom is -0.497 e. The molecule has 0 amide bonds. The predicted octanol–water partition coefficient (Wildman–Crippen LogP) is 7.15. The lowest BCUT2D eigenvalue weighted by Crippen LogP contribution is -2.46. The van der Waals surface area contributed by atoms with E-state index in [1.54, 1.807) is 7.11 Å². The van der Waals surface area contributed by atoms with Crippen molar-refractivity contribution in [3.63, 3.8) is 0 Å². The number of ether oxygens (including phenoxy) is 2. The normalized spacial score (nSPS) is 33.9. The molecule has 3 nitrogen and oxygen atoms in total. The molecule has 0 N–H and O–H groups in total. The van der Waals surface area contributed by atoms with Crippen LogP contribution in [0.15, 0.2) is 42.5 Å². The third kappa shape index (κ3) is 4.34. The number of likely N-dealkylation sites (tertiary alicyclic amines) is 1. The maximum absolute atomic E-state index is 15.4. The second kappa shape index (κ2) is 10.0. The van der Waals surface area contributed by atoms with E-state index in [0.29, 0.717) is 23.7 Å². The highest BCUT2D eigenvalue weighted by molar-refractivity contribution is 5.44. The van der Waals surface area contributed by atoms with E-state index in [9.17, 15) is 0 Å². The van der Waals surface area contributed by atoms with Gasteiger partial charge >= 0.3 is 0 Å². The van der Waals surface area contributed by atoms with Gasteiger partial charge in [-0.2, -0.15) is 0 Å². The molecule has 1 heterocycles. The van der Waals surface area contributed by atoms with Crippen molar-refractivity contribution < 1.29 is 13.9 Å². The Hall–Kier alpha value is -2.07. The van der Waals surface area contributed by atoms with Crippen LogP contribution in [-0.4, -0.2) is 44.4 Å². The molecule has 4 aliphatic rings. The van der Waals surface area contributed by atoms with Crippen molar-refractivity contribution in [2.75, 3.05) is 33.4 Å². The third-order valence-electron chi connectivity index (χ3n) is 10.3.